The normalized spacial score (nSPS) is 15.4. The first-order valence-corrected chi connectivity index (χ1v) is 11.4. The van der Waals surface area contributed by atoms with Crippen molar-refractivity contribution >= 4 is 41.0 Å². The largest absolute Gasteiger partial charge is 0.478 e. The fourth-order valence-corrected chi connectivity index (χ4v) is 4.87. The molecule has 0 amide bonds. The molecule has 1 aliphatic rings. The van der Waals surface area contributed by atoms with Crippen LogP contribution in [0, 0.1) is 0 Å². The van der Waals surface area contributed by atoms with Crippen molar-refractivity contribution in [2.45, 2.75) is 30.8 Å². The van der Waals surface area contributed by atoms with Gasteiger partial charge >= 0.3 is 11.9 Å². The van der Waals surface area contributed by atoms with Crippen molar-refractivity contribution in [3.8, 4) is 0 Å². The third-order valence-electron chi connectivity index (χ3n) is 4.71. The van der Waals surface area contributed by atoms with Crippen molar-refractivity contribution in [2.75, 3.05) is 11.9 Å². The van der Waals surface area contributed by atoms with Gasteiger partial charge in [0.05, 0.1) is 17.7 Å². The van der Waals surface area contributed by atoms with Crippen LogP contribution in [0.3, 0.4) is 0 Å². The van der Waals surface area contributed by atoms with Crippen molar-refractivity contribution in [3.05, 3.63) is 69.1 Å². The minimum atomic E-state index is -0.950. The highest BCUT2D eigenvalue weighted by Gasteiger charge is 2.35. The summed E-state index contributed by atoms with van der Waals surface area (Å²) in [6, 6.07) is 10.2. The number of allylic oxidation sites excluding steroid dienone is 1. The summed E-state index contributed by atoms with van der Waals surface area (Å²) < 4.78 is 7.02. The third-order valence-corrected chi connectivity index (χ3v) is 6.54. The molecule has 0 aliphatic carbocycles. The summed E-state index contributed by atoms with van der Waals surface area (Å²) in [5.41, 5.74) is 2.42. The molecule has 8 nitrogen and oxygen atoms in total. The van der Waals surface area contributed by atoms with Gasteiger partial charge in [0.15, 0.2) is 0 Å². The van der Waals surface area contributed by atoms with E-state index in [1.165, 1.54) is 11.8 Å². The number of carbonyl (C=O) groups excluding carboxylic acids is 1. The summed E-state index contributed by atoms with van der Waals surface area (Å²) in [5, 5.41) is 19.4. The molecule has 0 radical (unpaired) electrons. The van der Waals surface area contributed by atoms with Crippen molar-refractivity contribution in [2.24, 2.45) is 0 Å². The zero-order valence-corrected chi connectivity index (χ0v) is 18.5. The Labute approximate surface area is 187 Å². The van der Waals surface area contributed by atoms with E-state index in [2.05, 4.69) is 15.4 Å². The number of ether oxygens (including phenoxy) is 1. The molecule has 10 heteroatoms. The Kier molecular flexibility index (Phi) is 6.10. The zero-order valence-electron chi connectivity index (χ0n) is 16.9. The van der Waals surface area contributed by atoms with E-state index >= 15 is 0 Å². The number of carboxylic acids is 1. The molecular formula is C21H20N4O4S2. The molecule has 160 valence electrons. The van der Waals surface area contributed by atoms with Crippen molar-refractivity contribution in [1.29, 1.82) is 0 Å². The van der Waals surface area contributed by atoms with Crippen LogP contribution in [0.15, 0.2) is 58.2 Å². The van der Waals surface area contributed by atoms with Gasteiger partial charge in [-0.05, 0) is 43.0 Å². The molecule has 0 saturated carbocycles. The van der Waals surface area contributed by atoms with E-state index in [1.54, 1.807) is 47.2 Å². The van der Waals surface area contributed by atoms with E-state index < -0.39 is 12.0 Å². The molecule has 2 N–H and O–H groups in total. The Morgan fingerprint density at radius 2 is 2.06 bits per heavy atom. The van der Waals surface area contributed by atoms with Gasteiger partial charge < -0.3 is 15.2 Å². The van der Waals surface area contributed by atoms with Gasteiger partial charge in [0, 0.05) is 16.3 Å². The lowest BCUT2D eigenvalue weighted by molar-refractivity contribution is -0.139. The standard InChI is InChI=1S/C21H20N4O4S2/c1-3-29-19(28)16-12(2)22-20-23-21(24-25(20)17(16)15-5-4-10-30-15)31-11-13-6-8-14(9-7-13)18(26)27/h4-10,17H,3,11H2,1-2H3,(H,26,27)(H,22,23,24)/t17-/m0/s1. The average Bonchev–Trinajstić information content (AvgIpc) is 3.41. The van der Waals surface area contributed by atoms with Gasteiger partial charge in [-0.25, -0.2) is 14.3 Å². The van der Waals surface area contributed by atoms with E-state index in [-0.39, 0.29) is 11.5 Å². The highest BCUT2D eigenvalue weighted by molar-refractivity contribution is 7.98. The molecule has 1 aliphatic heterocycles. The number of esters is 1. The predicted octanol–water partition coefficient (Wildman–Crippen LogP) is 4.18. The summed E-state index contributed by atoms with van der Waals surface area (Å²) in [6.07, 6.45) is 0. The van der Waals surface area contributed by atoms with E-state index in [9.17, 15) is 9.59 Å². The number of benzene rings is 1. The van der Waals surface area contributed by atoms with E-state index in [0.717, 1.165) is 10.4 Å². The van der Waals surface area contributed by atoms with E-state index in [0.29, 0.717) is 34.7 Å². The maximum atomic E-state index is 12.7. The number of thiophene rings is 1. The zero-order chi connectivity index (χ0) is 22.0. The fraction of sp³-hybridized carbons (Fsp3) is 0.238. The SMILES string of the molecule is CCOC(=O)C1=C(C)Nc2nc(SCc3ccc(C(=O)O)cc3)nn2[C@H]1c1cccs1. The monoisotopic (exact) mass is 456 g/mol. The molecule has 0 unspecified atom stereocenters. The Morgan fingerprint density at radius 3 is 2.71 bits per heavy atom. The van der Waals surface area contributed by atoms with E-state index in [4.69, 9.17) is 9.84 Å². The van der Waals surface area contributed by atoms with Crippen LogP contribution in [0.4, 0.5) is 5.95 Å². The van der Waals surface area contributed by atoms with Gasteiger partial charge in [-0.1, -0.05) is 30.0 Å². The van der Waals surface area contributed by atoms with Crippen molar-refractivity contribution in [1.82, 2.24) is 14.8 Å². The molecule has 0 fully saturated rings. The number of carbonyl (C=O) groups is 2. The molecule has 0 saturated heterocycles. The molecule has 0 bridgehead atoms. The molecule has 1 atom stereocenters. The first kappa shape index (κ1) is 21.1. The molecule has 3 heterocycles. The highest BCUT2D eigenvalue weighted by Crippen LogP contribution is 2.38. The number of carboxylic acid groups (broad SMARTS) is 1. The Hall–Kier alpha value is -3.11. The lowest BCUT2D eigenvalue weighted by Gasteiger charge is -2.26. The Bertz CT molecular complexity index is 1140. The number of nitrogens with zero attached hydrogens (tertiary/aromatic N) is 3. The molecule has 31 heavy (non-hydrogen) atoms. The van der Waals surface area contributed by atoms with Crippen molar-refractivity contribution < 1.29 is 19.4 Å². The number of aromatic carboxylic acids is 1. The van der Waals surface area contributed by atoms with Crippen LogP contribution in [0.2, 0.25) is 0 Å². The van der Waals surface area contributed by atoms with Crippen LogP contribution in [-0.4, -0.2) is 38.4 Å². The molecule has 0 spiro atoms. The molecular weight excluding hydrogens is 436 g/mol. The number of rotatable bonds is 7. The van der Waals surface area contributed by atoms with Crippen LogP contribution < -0.4 is 5.32 Å². The minimum Gasteiger partial charge on any atom is -0.478 e. The van der Waals surface area contributed by atoms with Crippen molar-refractivity contribution in [3.63, 3.8) is 0 Å². The second-order valence-corrected chi connectivity index (χ2v) is 8.68. The second kappa shape index (κ2) is 8.94. The number of hydrogen-bond donors (Lipinski definition) is 2. The number of aromatic nitrogens is 3. The lowest BCUT2D eigenvalue weighted by atomic mass is 10.0. The van der Waals surface area contributed by atoms with Gasteiger partial charge in [0.25, 0.3) is 0 Å². The van der Waals surface area contributed by atoms with Gasteiger partial charge in [-0.2, -0.15) is 4.98 Å². The number of anilines is 1. The fourth-order valence-electron chi connectivity index (χ4n) is 3.27. The smallest absolute Gasteiger partial charge is 0.338 e. The Balaban J connectivity index is 1.60. The quantitative estimate of drug-likeness (QED) is 0.403. The number of nitrogens with one attached hydrogen (secondary N) is 1. The summed E-state index contributed by atoms with van der Waals surface area (Å²) in [4.78, 5) is 29.3. The van der Waals surface area contributed by atoms with Crippen LogP contribution in [-0.2, 0) is 15.3 Å². The maximum Gasteiger partial charge on any atom is 0.338 e. The van der Waals surface area contributed by atoms with E-state index in [1.807, 2.05) is 24.4 Å². The first-order valence-electron chi connectivity index (χ1n) is 9.57. The number of thioether (sulfide) groups is 1. The Morgan fingerprint density at radius 1 is 1.29 bits per heavy atom. The summed E-state index contributed by atoms with van der Waals surface area (Å²) in [5.74, 6) is -0.175. The van der Waals surface area contributed by atoms with Crippen LogP contribution in [0.5, 0.6) is 0 Å². The third kappa shape index (κ3) is 4.35. The minimum absolute atomic E-state index is 0.250. The molecule has 1 aromatic carbocycles. The highest BCUT2D eigenvalue weighted by atomic mass is 32.2. The van der Waals surface area contributed by atoms with Crippen LogP contribution in [0.25, 0.3) is 0 Å². The van der Waals surface area contributed by atoms with Gasteiger partial charge in [0.2, 0.25) is 11.1 Å². The van der Waals surface area contributed by atoms with Gasteiger partial charge in [-0.3, -0.25) is 0 Å². The van der Waals surface area contributed by atoms with Crippen LogP contribution >= 0.6 is 23.1 Å². The molecule has 3 aromatic rings. The second-order valence-electron chi connectivity index (χ2n) is 6.76. The van der Waals surface area contributed by atoms with Gasteiger partial charge in [0.1, 0.15) is 6.04 Å². The summed E-state index contributed by atoms with van der Waals surface area (Å²) >= 11 is 2.98. The number of fused-ring (bicyclic) bond motifs is 1. The molecule has 4 rings (SSSR count). The van der Waals surface area contributed by atoms with Crippen LogP contribution in [0.1, 0.15) is 40.7 Å². The molecule has 2 aromatic heterocycles. The number of hydrogen-bond acceptors (Lipinski definition) is 8. The summed E-state index contributed by atoms with van der Waals surface area (Å²) in [7, 11) is 0. The first-order chi connectivity index (χ1) is 15.0. The summed E-state index contributed by atoms with van der Waals surface area (Å²) in [6.45, 7) is 3.91. The topological polar surface area (TPSA) is 106 Å². The average molecular weight is 457 g/mol. The predicted molar refractivity (Wildman–Crippen MR) is 118 cm³/mol. The van der Waals surface area contributed by atoms with Gasteiger partial charge in [-0.15, -0.1) is 16.4 Å². The maximum absolute atomic E-state index is 12.7. The lowest BCUT2D eigenvalue weighted by Crippen LogP contribution is -2.29.